The minimum atomic E-state index is 1.04. The maximum Gasteiger partial charge on any atom is 0.108 e. The fourth-order valence-electron chi connectivity index (χ4n) is 1.91. The number of rotatable bonds is 4. The van der Waals surface area contributed by atoms with Gasteiger partial charge in [-0.1, -0.05) is 20.8 Å². The third kappa shape index (κ3) is 1.77. The first kappa shape index (κ1) is 10.3. The fourth-order valence-corrected chi connectivity index (χ4v) is 1.91. The predicted molar refractivity (Wildman–Crippen MR) is 56.0 cm³/mol. The lowest BCUT2D eigenvalue weighted by molar-refractivity contribution is 0.671. The second-order valence-corrected chi connectivity index (χ2v) is 3.23. The summed E-state index contributed by atoms with van der Waals surface area (Å²) in [5, 5.41) is 0. The summed E-state index contributed by atoms with van der Waals surface area (Å²) in [4.78, 5) is 4.65. The van der Waals surface area contributed by atoms with Crippen LogP contribution in [-0.2, 0) is 25.8 Å². The van der Waals surface area contributed by atoms with Gasteiger partial charge in [0.2, 0.25) is 0 Å². The summed E-state index contributed by atoms with van der Waals surface area (Å²) in [6.07, 6.45) is 3.20. The van der Waals surface area contributed by atoms with Gasteiger partial charge in [-0.2, -0.15) is 0 Å². The molecule has 0 aliphatic rings. The highest BCUT2D eigenvalue weighted by Gasteiger charge is 2.11. The van der Waals surface area contributed by atoms with Gasteiger partial charge in [0, 0.05) is 18.7 Å². The quantitative estimate of drug-likeness (QED) is 0.696. The van der Waals surface area contributed by atoms with Crippen molar-refractivity contribution >= 4 is 0 Å². The van der Waals surface area contributed by atoms with E-state index >= 15 is 0 Å². The first-order chi connectivity index (χ1) is 6.28. The molecule has 2 nitrogen and oxygen atoms in total. The molecule has 0 saturated heterocycles. The number of nitrogens with zero attached hydrogens (tertiary/aromatic N) is 2. The second kappa shape index (κ2) is 4.45. The molecule has 0 saturated carbocycles. The Balaban J connectivity index is 3.17. The summed E-state index contributed by atoms with van der Waals surface area (Å²) in [6.45, 7) is 9.81. The minimum Gasteiger partial charge on any atom is -0.332 e. The van der Waals surface area contributed by atoms with E-state index in [2.05, 4.69) is 37.2 Å². The van der Waals surface area contributed by atoms with Crippen LogP contribution in [-0.4, -0.2) is 9.55 Å². The normalized spacial score (nSPS) is 10.8. The van der Waals surface area contributed by atoms with Gasteiger partial charge in [0.15, 0.2) is 0 Å². The Kier molecular flexibility index (Phi) is 3.52. The highest BCUT2D eigenvalue weighted by molar-refractivity contribution is 5.17. The molecular weight excluding hydrogens is 160 g/mol. The van der Waals surface area contributed by atoms with Crippen molar-refractivity contribution in [1.82, 2.24) is 9.55 Å². The predicted octanol–water partition coefficient (Wildman–Crippen LogP) is 2.59. The van der Waals surface area contributed by atoms with Crippen LogP contribution < -0.4 is 0 Å². The van der Waals surface area contributed by atoms with E-state index in [9.17, 15) is 0 Å². The molecule has 0 radical (unpaired) electrons. The third-order valence-electron chi connectivity index (χ3n) is 2.54. The van der Waals surface area contributed by atoms with Crippen molar-refractivity contribution in [1.29, 1.82) is 0 Å². The molecular formula is C11H20N2. The van der Waals surface area contributed by atoms with Gasteiger partial charge in [0.1, 0.15) is 5.82 Å². The summed E-state index contributed by atoms with van der Waals surface area (Å²) in [6, 6.07) is 0. The maximum atomic E-state index is 4.65. The summed E-state index contributed by atoms with van der Waals surface area (Å²) in [5.74, 6) is 1.25. The van der Waals surface area contributed by atoms with Crippen LogP contribution in [0.25, 0.3) is 0 Å². The zero-order valence-corrected chi connectivity index (χ0v) is 9.22. The van der Waals surface area contributed by atoms with E-state index in [-0.39, 0.29) is 0 Å². The van der Waals surface area contributed by atoms with E-state index in [0.717, 1.165) is 25.8 Å². The van der Waals surface area contributed by atoms with E-state index in [0.29, 0.717) is 0 Å². The Morgan fingerprint density at radius 2 is 1.69 bits per heavy atom. The van der Waals surface area contributed by atoms with Crippen LogP contribution in [0.4, 0.5) is 0 Å². The van der Waals surface area contributed by atoms with Crippen molar-refractivity contribution in [2.45, 2.75) is 53.5 Å². The van der Waals surface area contributed by atoms with Crippen LogP contribution in [0.15, 0.2) is 0 Å². The molecule has 1 aromatic heterocycles. The Morgan fingerprint density at radius 1 is 1.00 bits per heavy atom. The van der Waals surface area contributed by atoms with E-state index in [4.69, 9.17) is 0 Å². The Morgan fingerprint density at radius 3 is 2.08 bits per heavy atom. The van der Waals surface area contributed by atoms with Crippen LogP contribution in [0.5, 0.6) is 0 Å². The van der Waals surface area contributed by atoms with Gasteiger partial charge in [0.05, 0.1) is 5.69 Å². The van der Waals surface area contributed by atoms with Gasteiger partial charge < -0.3 is 4.57 Å². The maximum absolute atomic E-state index is 4.65. The van der Waals surface area contributed by atoms with Gasteiger partial charge in [0.25, 0.3) is 0 Å². The van der Waals surface area contributed by atoms with Crippen LogP contribution in [0, 0.1) is 0 Å². The van der Waals surface area contributed by atoms with Crippen molar-refractivity contribution in [3.63, 3.8) is 0 Å². The average Bonchev–Trinajstić information content (AvgIpc) is 2.54. The standard InChI is InChI=1S/C11H20N2/c1-5-9-10(6-2)13(8-4)11(7-3)12-9/h5-8H2,1-4H3. The van der Waals surface area contributed by atoms with Crippen molar-refractivity contribution in [3.8, 4) is 0 Å². The molecule has 0 aliphatic heterocycles. The smallest absolute Gasteiger partial charge is 0.108 e. The molecule has 0 aromatic carbocycles. The topological polar surface area (TPSA) is 17.8 Å². The van der Waals surface area contributed by atoms with Crippen molar-refractivity contribution in [2.75, 3.05) is 0 Å². The van der Waals surface area contributed by atoms with Gasteiger partial charge in [-0.25, -0.2) is 4.98 Å². The molecule has 0 bridgehead atoms. The fraction of sp³-hybridized carbons (Fsp3) is 0.727. The van der Waals surface area contributed by atoms with Gasteiger partial charge >= 0.3 is 0 Å². The molecule has 0 fully saturated rings. The van der Waals surface area contributed by atoms with E-state index in [1.54, 1.807) is 0 Å². The summed E-state index contributed by atoms with van der Waals surface area (Å²) >= 11 is 0. The Hall–Kier alpha value is -0.790. The largest absolute Gasteiger partial charge is 0.332 e. The lowest BCUT2D eigenvalue weighted by atomic mass is 10.2. The van der Waals surface area contributed by atoms with Gasteiger partial charge in [-0.05, 0) is 19.8 Å². The van der Waals surface area contributed by atoms with E-state index in [1.807, 2.05) is 0 Å². The minimum absolute atomic E-state index is 1.04. The highest BCUT2D eigenvalue weighted by atomic mass is 15.1. The molecule has 13 heavy (non-hydrogen) atoms. The monoisotopic (exact) mass is 180 g/mol. The van der Waals surface area contributed by atoms with E-state index < -0.39 is 0 Å². The molecule has 0 atom stereocenters. The lowest BCUT2D eigenvalue weighted by Crippen LogP contribution is -2.04. The van der Waals surface area contributed by atoms with Crippen LogP contribution in [0.1, 0.15) is 44.9 Å². The number of imidazole rings is 1. The van der Waals surface area contributed by atoms with Crippen molar-refractivity contribution < 1.29 is 0 Å². The number of aryl methyl sites for hydroxylation is 2. The molecule has 74 valence electrons. The van der Waals surface area contributed by atoms with E-state index in [1.165, 1.54) is 17.2 Å². The molecule has 0 amide bonds. The van der Waals surface area contributed by atoms with Crippen LogP contribution in [0.3, 0.4) is 0 Å². The molecule has 0 unspecified atom stereocenters. The highest BCUT2D eigenvalue weighted by Crippen LogP contribution is 2.14. The Bertz CT molecular complexity index is 247. The Labute approximate surface area is 81.0 Å². The molecule has 1 heterocycles. The number of aromatic nitrogens is 2. The molecule has 0 aliphatic carbocycles. The van der Waals surface area contributed by atoms with Gasteiger partial charge in [-0.3, -0.25) is 0 Å². The van der Waals surface area contributed by atoms with Gasteiger partial charge in [-0.15, -0.1) is 0 Å². The average molecular weight is 180 g/mol. The third-order valence-corrected chi connectivity index (χ3v) is 2.54. The second-order valence-electron chi connectivity index (χ2n) is 3.23. The zero-order chi connectivity index (χ0) is 9.84. The van der Waals surface area contributed by atoms with Crippen LogP contribution in [0.2, 0.25) is 0 Å². The molecule has 0 spiro atoms. The first-order valence-electron chi connectivity index (χ1n) is 5.35. The van der Waals surface area contributed by atoms with Crippen molar-refractivity contribution in [3.05, 3.63) is 17.2 Å². The zero-order valence-electron chi connectivity index (χ0n) is 9.22. The molecule has 2 heteroatoms. The SMILES string of the molecule is CCc1nc(CC)n(CC)c1CC. The number of hydrogen-bond acceptors (Lipinski definition) is 1. The van der Waals surface area contributed by atoms with Crippen LogP contribution >= 0.6 is 0 Å². The lowest BCUT2D eigenvalue weighted by Gasteiger charge is -2.06. The molecule has 0 N–H and O–H groups in total. The molecule has 1 rings (SSSR count). The summed E-state index contributed by atoms with van der Waals surface area (Å²) < 4.78 is 2.36. The summed E-state index contributed by atoms with van der Waals surface area (Å²) in [7, 11) is 0. The van der Waals surface area contributed by atoms with Crippen molar-refractivity contribution in [2.24, 2.45) is 0 Å². The summed E-state index contributed by atoms with van der Waals surface area (Å²) in [5.41, 5.74) is 2.73. The molecule has 1 aromatic rings. The number of hydrogen-bond donors (Lipinski definition) is 0. The first-order valence-corrected chi connectivity index (χ1v) is 5.35.